The Kier molecular flexibility index (Phi) is 5.05. The second-order valence-electron chi connectivity index (χ2n) is 3.77. The summed E-state index contributed by atoms with van der Waals surface area (Å²) < 4.78 is 34.7. The number of aliphatic carboxylic acids is 1. The van der Waals surface area contributed by atoms with E-state index in [9.17, 15) is 18.0 Å². The lowest BCUT2D eigenvalue weighted by Crippen LogP contribution is -2.44. The van der Waals surface area contributed by atoms with E-state index in [4.69, 9.17) is 9.84 Å². The van der Waals surface area contributed by atoms with Gasteiger partial charge in [0.25, 0.3) is 0 Å². The zero-order valence-electron chi connectivity index (χ0n) is 9.79. The first-order valence-electron chi connectivity index (χ1n) is 5.32. The Labute approximate surface area is 104 Å². The van der Waals surface area contributed by atoms with Gasteiger partial charge in [0.1, 0.15) is 0 Å². The van der Waals surface area contributed by atoms with E-state index >= 15 is 0 Å². The monoisotopic (exact) mass is 281 g/mol. The zero-order valence-corrected chi connectivity index (χ0v) is 10.6. The minimum Gasteiger partial charge on any atom is -0.481 e. The summed E-state index contributed by atoms with van der Waals surface area (Å²) in [7, 11) is -3.92. The van der Waals surface area contributed by atoms with E-state index < -0.39 is 39.7 Å². The number of carboxylic acids is 1. The highest BCUT2D eigenvalue weighted by Gasteiger charge is 2.37. The maximum Gasteiger partial charge on any atom is 0.322 e. The Hall–Kier alpha value is -1.19. The van der Waals surface area contributed by atoms with Gasteiger partial charge in [0.15, 0.2) is 5.75 Å². The standard InChI is InChI=1S/C9H15NO7S/c1-2-17-8(11)5-18(14,15)10-7-4-16-3-6(7)9(12)13/h6-7,10H,2-5H2,1H3,(H,12,13). The van der Waals surface area contributed by atoms with Crippen molar-refractivity contribution in [1.29, 1.82) is 0 Å². The van der Waals surface area contributed by atoms with E-state index in [2.05, 4.69) is 9.46 Å². The van der Waals surface area contributed by atoms with Gasteiger partial charge in [-0.2, -0.15) is 0 Å². The van der Waals surface area contributed by atoms with Gasteiger partial charge in [-0.05, 0) is 6.92 Å². The first kappa shape index (κ1) is 14.9. The predicted octanol–water partition coefficient (Wildman–Crippen LogP) is -1.43. The smallest absolute Gasteiger partial charge is 0.322 e. The number of hydrogen-bond donors (Lipinski definition) is 2. The van der Waals surface area contributed by atoms with Crippen molar-refractivity contribution < 1.29 is 32.6 Å². The number of carbonyl (C=O) groups excluding carboxylic acids is 1. The Bertz CT molecular complexity index is 419. The van der Waals surface area contributed by atoms with E-state index in [-0.39, 0.29) is 19.8 Å². The van der Waals surface area contributed by atoms with Crippen LogP contribution in [0.5, 0.6) is 0 Å². The third-order valence-corrected chi connectivity index (χ3v) is 3.62. The average Bonchev–Trinajstić information content (AvgIpc) is 2.63. The van der Waals surface area contributed by atoms with Crippen molar-refractivity contribution in [2.24, 2.45) is 5.92 Å². The fourth-order valence-electron chi connectivity index (χ4n) is 1.54. The molecule has 104 valence electrons. The molecule has 8 nitrogen and oxygen atoms in total. The van der Waals surface area contributed by atoms with Gasteiger partial charge in [-0.15, -0.1) is 0 Å². The van der Waals surface area contributed by atoms with Crippen LogP contribution in [-0.4, -0.2) is 57.1 Å². The van der Waals surface area contributed by atoms with E-state index in [0.717, 1.165) is 0 Å². The number of rotatable bonds is 6. The van der Waals surface area contributed by atoms with Gasteiger partial charge in [-0.25, -0.2) is 13.1 Å². The Morgan fingerprint density at radius 3 is 2.67 bits per heavy atom. The number of esters is 1. The van der Waals surface area contributed by atoms with E-state index in [1.165, 1.54) is 0 Å². The molecule has 0 aliphatic carbocycles. The highest BCUT2D eigenvalue weighted by Crippen LogP contribution is 2.14. The van der Waals surface area contributed by atoms with Crippen LogP contribution in [-0.2, 0) is 29.1 Å². The molecule has 0 aromatic carbocycles. The first-order chi connectivity index (χ1) is 8.35. The topological polar surface area (TPSA) is 119 Å². The van der Waals surface area contributed by atoms with Crippen LogP contribution >= 0.6 is 0 Å². The highest BCUT2D eigenvalue weighted by atomic mass is 32.2. The predicted molar refractivity (Wildman–Crippen MR) is 59.3 cm³/mol. The van der Waals surface area contributed by atoms with Crippen molar-refractivity contribution in [2.75, 3.05) is 25.6 Å². The van der Waals surface area contributed by atoms with Crippen molar-refractivity contribution in [3.63, 3.8) is 0 Å². The summed E-state index contributed by atoms with van der Waals surface area (Å²) in [6, 6.07) is -0.859. The number of sulfonamides is 1. The number of hydrogen-bond acceptors (Lipinski definition) is 6. The lowest BCUT2D eigenvalue weighted by molar-refractivity contribution is -0.142. The van der Waals surface area contributed by atoms with E-state index in [1.54, 1.807) is 6.92 Å². The highest BCUT2D eigenvalue weighted by molar-refractivity contribution is 7.90. The second-order valence-corrected chi connectivity index (χ2v) is 5.52. The fraction of sp³-hybridized carbons (Fsp3) is 0.778. The largest absolute Gasteiger partial charge is 0.481 e. The number of carbonyl (C=O) groups is 2. The van der Waals surface area contributed by atoms with Gasteiger partial charge in [0.05, 0.1) is 31.8 Å². The molecule has 2 unspecified atom stereocenters. The van der Waals surface area contributed by atoms with Crippen LogP contribution in [0, 0.1) is 5.92 Å². The molecule has 1 aliphatic heterocycles. The normalized spacial score (nSPS) is 23.8. The Morgan fingerprint density at radius 1 is 1.44 bits per heavy atom. The summed E-state index contributed by atoms with van der Waals surface area (Å²) in [5.74, 6) is -3.79. The maximum absolute atomic E-state index is 11.6. The number of carboxylic acid groups (broad SMARTS) is 1. The molecule has 1 rings (SSSR count). The van der Waals surface area contributed by atoms with Crippen LogP contribution in [0.2, 0.25) is 0 Å². The van der Waals surface area contributed by atoms with E-state index in [0.29, 0.717) is 0 Å². The van der Waals surface area contributed by atoms with E-state index in [1.807, 2.05) is 0 Å². The third-order valence-electron chi connectivity index (χ3n) is 2.34. The molecule has 0 amide bonds. The van der Waals surface area contributed by atoms with Crippen molar-refractivity contribution >= 4 is 22.0 Å². The molecule has 18 heavy (non-hydrogen) atoms. The van der Waals surface area contributed by atoms with Crippen LogP contribution in [0.3, 0.4) is 0 Å². The summed E-state index contributed by atoms with van der Waals surface area (Å²) >= 11 is 0. The molecule has 1 fully saturated rings. The van der Waals surface area contributed by atoms with Crippen LogP contribution in [0.15, 0.2) is 0 Å². The quantitative estimate of drug-likeness (QED) is 0.573. The fourth-order valence-corrected chi connectivity index (χ4v) is 2.71. The molecule has 0 spiro atoms. The van der Waals surface area contributed by atoms with Gasteiger partial charge in [-0.1, -0.05) is 0 Å². The molecule has 0 saturated carbocycles. The molecule has 0 aromatic rings. The minimum absolute atomic E-state index is 0.0287. The molecule has 1 aliphatic rings. The van der Waals surface area contributed by atoms with Crippen molar-refractivity contribution in [2.45, 2.75) is 13.0 Å². The third kappa shape index (κ3) is 4.24. The molecule has 9 heteroatoms. The first-order valence-corrected chi connectivity index (χ1v) is 6.97. The summed E-state index contributed by atoms with van der Waals surface area (Å²) in [6.45, 7) is 1.56. The molecule has 0 aromatic heterocycles. The second kappa shape index (κ2) is 6.12. The van der Waals surface area contributed by atoms with Crippen molar-refractivity contribution in [1.82, 2.24) is 4.72 Å². The molecule has 0 radical (unpaired) electrons. The summed E-state index contributed by atoms with van der Waals surface area (Å²) in [6.07, 6.45) is 0. The van der Waals surface area contributed by atoms with Gasteiger partial charge >= 0.3 is 11.9 Å². The maximum atomic E-state index is 11.6. The zero-order chi connectivity index (χ0) is 13.8. The molecule has 1 heterocycles. The molecule has 2 N–H and O–H groups in total. The lowest BCUT2D eigenvalue weighted by atomic mass is 10.1. The van der Waals surface area contributed by atoms with Gasteiger partial charge in [-0.3, -0.25) is 9.59 Å². The molecular formula is C9H15NO7S. The average molecular weight is 281 g/mol. The number of ether oxygens (including phenoxy) is 2. The van der Waals surface area contributed by atoms with Crippen LogP contribution in [0.4, 0.5) is 0 Å². The SMILES string of the molecule is CCOC(=O)CS(=O)(=O)NC1COCC1C(=O)O. The Balaban J connectivity index is 2.60. The molecule has 2 atom stereocenters. The minimum atomic E-state index is -3.92. The van der Waals surface area contributed by atoms with Crippen LogP contribution in [0.1, 0.15) is 6.92 Å². The van der Waals surface area contributed by atoms with Gasteiger partial charge in [0, 0.05) is 0 Å². The lowest BCUT2D eigenvalue weighted by Gasteiger charge is -2.15. The van der Waals surface area contributed by atoms with Gasteiger partial charge < -0.3 is 14.6 Å². The van der Waals surface area contributed by atoms with Crippen molar-refractivity contribution in [3.8, 4) is 0 Å². The number of nitrogens with one attached hydrogen (secondary N) is 1. The molecular weight excluding hydrogens is 266 g/mol. The molecule has 1 saturated heterocycles. The summed E-state index contributed by atoms with van der Waals surface area (Å²) in [5, 5.41) is 8.84. The van der Waals surface area contributed by atoms with Crippen LogP contribution < -0.4 is 4.72 Å². The van der Waals surface area contributed by atoms with Crippen molar-refractivity contribution in [3.05, 3.63) is 0 Å². The summed E-state index contributed by atoms with van der Waals surface area (Å²) in [4.78, 5) is 21.9. The Morgan fingerprint density at radius 2 is 2.11 bits per heavy atom. The molecule has 0 bridgehead atoms. The van der Waals surface area contributed by atoms with Gasteiger partial charge in [0.2, 0.25) is 10.0 Å². The van der Waals surface area contributed by atoms with Crippen LogP contribution in [0.25, 0.3) is 0 Å². The summed E-state index contributed by atoms with van der Waals surface area (Å²) in [5.41, 5.74) is 0.